The largest absolute Gasteiger partial charge is 0.481 e. The van der Waals surface area contributed by atoms with Crippen LogP contribution in [0.2, 0.25) is 0 Å². The highest BCUT2D eigenvalue weighted by Crippen LogP contribution is 2.37. The molecule has 0 atom stereocenters. The topological polar surface area (TPSA) is 122 Å². The third-order valence-corrected chi connectivity index (χ3v) is 6.70. The van der Waals surface area contributed by atoms with Crippen LogP contribution in [0.3, 0.4) is 0 Å². The number of nitrogens with one attached hydrogen (secondary N) is 2. The number of hydroxylamine groups is 1. The number of carbonyl (C=O) groups is 1. The molecule has 1 aliphatic rings. The zero-order valence-corrected chi connectivity index (χ0v) is 20.1. The summed E-state index contributed by atoms with van der Waals surface area (Å²) in [5, 5.41) is 13.1. The number of rotatable bonds is 11. The highest BCUT2D eigenvalue weighted by Gasteiger charge is 2.20. The number of morpholine rings is 1. The molecule has 0 spiro atoms. The van der Waals surface area contributed by atoms with Crippen molar-refractivity contribution in [3.8, 4) is 17.3 Å². The van der Waals surface area contributed by atoms with Crippen molar-refractivity contribution >= 4 is 38.3 Å². The number of methoxy groups -OCH3 is 1. The van der Waals surface area contributed by atoms with Gasteiger partial charge in [0.15, 0.2) is 11.6 Å². The first-order valence-corrected chi connectivity index (χ1v) is 12.3. The van der Waals surface area contributed by atoms with Gasteiger partial charge in [0.25, 0.3) is 0 Å². The van der Waals surface area contributed by atoms with Crippen molar-refractivity contribution in [2.75, 3.05) is 50.2 Å². The van der Waals surface area contributed by atoms with E-state index in [4.69, 9.17) is 24.6 Å². The van der Waals surface area contributed by atoms with Gasteiger partial charge in [-0.1, -0.05) is 12.8 Å². The van der Waals surface area contributed by atoms with Crippen LogP contribution in [0.1, 0.15) is 32.1 Å². The van der Waals surface area contributed by atoms with Gasteiger partial charge in [0, 0.05) is 43.9 Å². The quantitative estimate of drug-likeness (QED) is 0.212. The Morgan fingerprint density at radius 2 is 2.03 bits per heavy atom. The summed E-state index contributed by atoms with van der Waals surface area (Å²) in [7, 11) is 1.59. The molecule has 3 aromatic rings. The number of carbonyl (C=O) groups excluding carboxylic acids is 1. The molecule has 0 aliphatic carbocycles. The van der Waals surface area contributed by atoms with Crippen LogP contribution < -0.4 is 20.4 Å². The molecule has 1 amide bonds. The van der Waals surface area contributed by atoms with Crippen molar-refractivity contribution in [3.05, 3.63) is 24.4 Å². The number of thiophene rings is 1. The number of amides is 1. The Balaban J connectivity index is 1.47. The lowest BCUT2D eigenvalue weighted by Gasteiger charge is -2.28. The van der Waals surface area contributed by atoms with Crippen LogP contribution in [-0.4, -0.2) is 66.0 Å². The van der Waals surface area contributed by atoms with Crippen LogP contribution in [0.4, 0.5) is 10.8 Å². The van der Waals surface area contributed by atoms with Gasteiger partial charge < -0.3 is 19.7 Å². The Morgan fingerprint density at radius 1 is 1.21 bits per heavy atom. The number of aromatic nitrogens is 3. The zero-order valence-electron chi connectivity index (χ0n) is 19.2. The third-order valence-electron chi connectivity index (χ3n) is 5.62. The predicted octanol–water partition coefficient (Wildman–Crippen LogP) is 3.47. The van der Waals surface area contributed by atoms with Gasteiger partial charge in [0.2, 0.25) is 11.8 Å². The fourth-order valence-corrected chi connectivity index (χ4v) is 4.83. The Morgan fingerprint density at radius 3 is 2.76 bits per heavy atom. The van der Waals surface area contributed by atoms with Gasteiger partial charge in [-0.15, -0.1) is 11.3 Å². The molecule has 4 rings (SSSR count). The molecule has 10 nitrogen and oxygen atoms in total. The van der Waals surface area contributed by atoms with Crippen LogP contribution >= 0.6 is 11.3 Å². The molecular weight excluding hydrogens is 456 g/mol. The van der Waals surface area contributed by atoms with E-state index in [9.17, 15) is 4.79 Å². The highest BCUT2D eigenvalue weighted by molar-refractivity contribution is 7.23. The Hall–Kier alpha value is -3.02. The van der Waals surface area contributed by atoms with Crippen molar-refractivity contribution in [3.63, 3.8) is 0 Å². The lowest BCUT2D eigenvalue weighted by Crippen LogP contribution is -2.36. The van der Waals surface area contributed by atoms with Gasteiger partial charge in [-0.05, 0) is 25.0 Å². The fraction of sp³-hybridized carbons (Fsp3) is 0.478. The summed E-state index contributed by atoms with van der Waals surface area (Å²) in [6.07, 6.45) is 5.84. The second kappa shape index (κ2) is 11.9. The summed E-state index contributed by atoms with van der Waals surface area (Å²) < 4.78 is 11.8. The average Bonchev–Trinajstić information content (AvgIpc) is 3.30. The highest BCUT2D eigenvalue weighted by atomic mass is 32.1. The number of anilines is 2. The van der Waals surface area contributed by atoms with E-state index in [0.717, 1.165) is 71.9 Å². The van der Waals surface area contributed by atoms with Gasteiger partial charge in [-0.3, -0.25) is 10.0 Å². The molecule has 1 saturated heterocycles. The molecule has 3 aromatic heterocycles. The monoisotopic (exact) mass is 486 g/mol. The fourth-order valence-electron chi connectivity index (χ4n) is 3.79. The van der Waals surface area contributed by atoms with E-state index in [2.05, 4.69) is 21.3 Å². The predicted molar refractivity (Wildman–Crippen MR) is 132 cm³/mol. The summed E-state index contributed by atoms with van der Waals surface area (Å²) >= 11 is 1.67. The number of hydrogen-bond donors (Lipinski definition) is 3. The molecule has 34 heavy (non-hydrogen) atoms. The molecule has 3 N–H and O–H groups in total. The molecule has 11 heteroatoms. The molecule has 0 radical (unpaired) electrons. The lowest BCUT2D eigenvalue weighted by atomic mass is 10.1. The Bertz CT molecular complexity index is 1090. The number of pyridine rings is 1. The lowest BCUT2D eigenvalue weighted by molar-refractivity contribution is -0.129. The van der Waals surface area contributed by atoms with Crippen LogP contribution in [-0.2, 0) is 9.53 Å². The molecule has 1 aliphatic heterocycles. The van der Waals surface area contributed by atoms with Gasteiger partial charge in [-0.25, -0.2) is 20.4 Å². The molecule has 182 valence electrons. The van der Waals surface area contributed by atoms with E-state index < -0.39 is 0 Å². The molecule has 1 fully saturated rings. The standard InChI is InChI=1S/C23H30N6O4S/c1-32-19-8-7-16(15-25-19)22-26-17-14-20(24-9-5-3-2-4-6-18(30)28-31)34-21(17)23(27-22)29-10-12-33-13-11-29/h7-8,14-15,24,31H,2-6,9-13H2,1H3,(H,28,30). The van der Waals surface area contributed by atoms with Crippen LogP contribution in [0.25, 0.3) is 21.6 Å². The van der Waals surface area contributed by atoms with E-state index in [-0.39, 0.29) is 5.91 Å². The van der Waals surface area contributed by atoms with Crippen molar-refractivity contribution in [1.82, 2.24) is 20.4 Å². The number of fused-ring (bicyclic) bond motifs is 1. The third kappa shape index (κ3) is 6.10. The molecule has 0 bridgehead atoms. The maximum absolute atomic E-state index is 11.1. The minimum atomic E-state index is -0.328. The SMILES string of the molecule is COc1ccc(-c2nc(N3CCOCC3)c3sc(NCCCCCCC(=O)NO)cc3n2)cn1. The smallest absolute Gasteiger partial charge is 0.243 e. The normalized spacial score (nSPS) is 13.8. The summed E-state index contributed by atoms with van der Waals surface area (Å²) in [5.74, 6) is 1.79. The van der Waals surface area contributed by atoms with Gasteiger partial charge in [0.1, 0.15) is 0 Å². The first-order chi connectivity index (χ1) is 16.7. The summed E-state index contributed by atoms with van der Waals surface area (Å²) in [5.41, 5.74) is 3.42. The average molecular weight is 487 g/mol. The van der Waals surface area contributed by atoms with Crippen LogP contribution in [0, 0.1) is 0 Å². The van der Waals surface area contributed by atoms with E-state index in [1.165, 1.54) is 0 Å². The number of ether oxygens (including phenoxy) is 2. The number of unbranched alkanes of at least 4 members (excludes halogenated alkanes) is 3. The van der Waals surface area contributed by atoms with Crippen molar-refractivity contribution in [2.45, 2.75) is 32.1 Å². The molecule has 0 aromatic carbocycles. The van der Waals surface area contributed by atoms with Crippen molar-refractivity contribution in [1.29, 1.82) is 0 Å². The van der Waals surface area contributed by atoms with Gasteiger partial charge >= 0.3 is 0 Å². The maximum Gasteiger partial charge on any atom is 0.243 e. The first-order valence-electron chi connectivity index (χ1n) is 11.5. The second-order valence-corrected chi connectivity index (χ2v) is 9.06. The second-order valence-electron chi connectivity index (χ2n) is 8.01. The molecular formula is C23H30N6O4S. The van der Waals surface area contributed by atoms with Crippen molar-refractivity contribution < 1.29 is 19.5 Å². The number of nitrogens with zero attached hydrogens (tertiary/aromatic N) is 4. The summed E-state index contributed by atoms with van der Waals surface area (Å²) in [6.45, 7) is 3.79. The van der Waals surface area contributed by atoms with Gasteiger partial charge in [-0.2, -0.15) is 0 Å². The minimum absolute atomic E-state index is 0.328. The minimum Gasteiger partial charge on any atom is -0.481 e. The summed E-state index contributed by atoms with van der Waals surface area (Å²) in [6, 6.07) is 5.82. The Labute approximate surface area is 202 Å². The van der Waals surface area contributed by atoms with E-state index in [1.807, 2.05) is 12.1 Å². The van der Waals surface area contributed by atoms with E-state index in [0.29, 0.717) is 31.3 Å². The van der Waals surface area contributed by atoms with Crippen molar-refractivity contribution in [2.24, 2.45) is 0 Å². The molecule has 0 unspecified atom stereocenters. The zero-order chi connectivity index (χ0) is 23.8. The molecule has 0 saturated carbocycles. The van der Waals surface area contributed by atoms with E-state index in [1.54, 1.807) is 30.1 Å². The Kier molecular flexibility index (Phi) is 8.45. The first kappa shape index (κ1) is 24.1. The maximum atomic E-state index is 11.1. The van der Waals surface area contributed by atoms with E-state index >= 15 is 0 Å². The van der Waals surface area contributed by atoms with Crippen LogP contribution in [0.15, 0.2) is 24.4 Å². The number of hydrogen-bond acceptors (Lipinski definition) is 10. The van der Waals surface area contributed by atoms with Gasteiger partial charge in [0.05, 0.1) is 35.5 Å². The van der Waals surface area contributed by atoms with Crippen LogP contribution in [0.5, 0.6) is 5.88 Å². The summed E-state index contributed by atoms with van der Waals surface area (Å²) in [4.78, 5) is 27.4. The molecule has 4 heterocycles.